The molecule has 0 bridgehead atoms. The summed E-state index contributed by atoms with van der Waals surface area (Å²) in [5, 5.41) is 10.8. The van der Waals surface area contributed by atoms with Crippen molar-refractivity contribution in [1.82, 2.24) is 0 Å². The van der Waals surface area contributed by atoms with E-state index in [0.717, 1.165) is 0 Å². The van der Waals surface area contributed by atoms with Crippen molar-refractivity contribution in [2.75, 3.05) is 0 Å². The fraction of sp³-hybridized carbons (Fsp3) is 0.444. The first kappa shape index (κ1) is 25.1. The Labute approximate surface area is 124 Å². The minimum Gasteiger partial charge on any atom is -1.00 e. The van der Waals surface area contributed by atoms with Crippen LogP contribution in [-0.4, -0.2) is 13.0 Å². The van der Waals surface area contributed by atoms with Gasteiger partial charge >= 0.3 is 19.8 Å². The molecule has 92 valence electrons. The van der Waals surface area contributed by atoms with Crippen molar-refractivity contribution >= 4 is 8.07 Å². The fourth-order valence-corrected chi connectivity index (χ4v) is 2.07. The van der Waals surface area contributed by atoms with E-state index >= 15 is 0 Å². The zero-order chi connectivity index (χ0) is 10.8. The van der Waals surface area contributed by atoms with Gasteiger partial charge in [0.1, 0.15) is 18.8 Å². The summed E-state index contributed by atoms with van der Waals surface area (Å²) in [6, 6.07) is 0. The predicted molar refractivity (Wildman–Crippen MR) is 54.1 cm³/mol. The van der Waals surface area contributed by atoms with Crippen LogP contribution in [0.5, 0.6) is 0 Å². The molecule has 0 aromatic heterocycles. The van der Waals surface area contributed by atoms with E-state index in [-0.39, 0.29) is 44.6 Å². The average molecular weight is 456 g/mol. The van der Waals surface area contributed by atoms with E-state index in [9.17, 15) is 10.1 Å². The van der Waals surface area contributed by atoms with Crippen molar-refractivity contribution in [1.29, 1.82) is 0 Å². The molecule has 0 aliphatic carbocycles. The maximum atomic E-state index is 10.3. The van der Waals surface area contributed by atoms with E-state index < -0.39 is 18.7 Å². The van der Waals surface area contributed by atoms with Gasteiger partial charge in [-0.15, -0.1) is 0 Å². The van der Waals surface area contributed by atoms with Crippen LogP contribution in [0.2, 0.25) is 19.6 Å². The van der Waals surface area contributed by atoms with Gasteiger partial charge in [-0.25, -0.2) is 6.92 Å². The molecule has 3 nitrogen and oxygen atoms in total. The number of hydrogen-bond donors (Lipinski definition) is 0. The molecule has 0 atom stereocenters. The van der Waals surface area contributed by atoms with Crippen LogP contribution in [0.1, 0.15) is 6.92 Å². The summed E-state index contributed by atoms with van der Waals surface area (Å²) in [5.41, 5.74) is -0.302. The molecule has 0 rings (SSSR count). The molecule has 0 fully saturated rings. The Hall–Kier alpha value is 0.0932. The van der Waals surface area contributed by atoms with Crippen LogP contribution >= 0.6 is 0 Å². The Kier molecular flexibility index (Phi) is 14.3. The number of nitrogens with zero attached hydrogens (tertiary/aromatic N) is 1. The van der Waals surface area contributed by atoms with E-state index in [1.807, 2.05) is 19.6 Å². The van der Waals surface area contributed by atoms with Gasteiger partial charge in [-0.3, -0.25) is 10.1 Å². The van der Waals surface area contributed by atoms with E-state index in [4.69, 9.17) is 13.5 Å². The minimum atomic E-state index is -1.72. The maximum Gasteiger partial charge on any atom is 2.00 e. The smallest absolute Gasteiger partial charge is 1.00 e. The second-order valence-corrected chi connectivity index (χ2v) is 8.93. The van der Waals surface area contributed by atoms with Gasteiger partial charge in [-0.2, -0.15) is 0 Å². The molecule has 0 aliphatic rings. The van der Waals surface area contributed by atoms with Gasteiger partial charge in [-0.1, -0.05) is 19.6 Å². The first-order chi connectivity index (χ1) is 5.68. The molecule has 16 heavy (non-hydrogen) atoms. The predicted octanol–water partition coefficient (Wildman–Crippen LogP) is -3.63. The van der Waals surface area contributed by atoms with Crippen molar-refractivity contribution in [3.05, 3.63) is 40.1 Å². The van der Waals surface area contributed by atoms with Gasteiger partial charge in [0.2, 0.25) is 5.70 Å². The number of rotatable bonds is 3. The van der Waals surface area contributed by atoms with Crippen LogP contribution in [0, 0.1) is 23.6 Å². The number of allylic oxidation sites excluding steroid dienone is 3. The first-order valence-electron chi connectivity index (χ1n) is 3.88. The van der Waals surface area contributed by atoms with Gasteiger partial charge in [0.15, 0.2) is 0 Å². The summed E-state index contributed by atoms with van der Waals surface area (Å²) in [6.07, 6.45) is 0. The van der Waals surface area contributed by atoms with E-state index in [1.165, 1.54) is 6.92 Å². The van der Waals surface area contributed by atoms with E-state index in [1.54, 1.807) is 0 Å². The molecule has 7 heteroatoms. The van der Waals surface area contributed by atoms with Crippen molar-refractivity contribution in [2.24, 2.45) is 0 Å². The Balaban J connectivity index is -0.000000240. The minimum absolute atomic E-state index is 0. The molecule has 0 spiro atoms. The molecular formula is C9H13Cl2NO2OsSi. The van der Waals surface area contributed by atoms with Crippen molar-refractivity contribution in [2.45, 2.75) is 26.6 Å². The standard InChI is InChI=1S/C9H13NO2Si.2ClH.Os/c1-7(8(2)10(11)12)9(3)13(4,5)6;;;/h3H,1,4-6H3;2*1H;/q;;;+2/p-2/b8-7+;;;. The summed E-state index contributed by atoms with van der Waals surface area (Å²) in [4.78, 5) is 9.56. The van der Waals surface area contributed by atoms with Crippen LogP contribution < -0.4 is 24.8 Å². The van der Waals surface area contributed by atoms with E-state index in [2.05, 4.69) is 0 Å². The number of halogens is 2. The molecule has 0 N–H and O–H groups in total. The summed E-state index contributed by atoms with van der Waals surface area (Å²) in [7, 11) is -1.72. The summed E-state index contributed by atoms with van der Waals surface area (Å²) in [5.74, 6) is 0. The topological polar surface area (TPSA) is 43.1 Å². The molecular weight excluding hydrogens is 443 g/mol. The van der Waals surface area contributed by atoms with Gasteiger partial charge < -0.3 is 24.8 Å². The molecule has 0 aromatic carbocycles. The summed E-state index contributed by atoms with van der Waals surface area (Å²) in [6.45, 7) is 20.4. The molecule has 0 amide bonds. The monoisotopic (exact) mass is 457 g/mol. The normalized spacial score (nSPS) is 10.9. The zero-order valence-electron chi connectivity index (χ0n) is 9.45. The number of nitro groups is 1. The Morgan fingerprint density at radius 1 is 1.31 bits per heavy atom. The number of hydrogen-bond acceptors (Lipinski definition) is 2. The molecule has 0 aromatic rings. The van der Waals surface area contributed by atoms with Crippen molar-refractivity contribution < 1.29 is 49.5 Å². The first-order valence-corrected chi connectivity index (χ1v) is 7.38. The Morgan fingerprint density at radius 2 is 1.62 bits per heavy atom. The largest absolute Gasteiger partial charge is 2.00 e. The second kappa shape index (κ2) is 9.16. The molecule has 0 unspecified atom stereocenters. The van der Waals surface area contributed by atoms with Crippen LogP contribution in [0.25, 0.3) is 0 Å². The SMILES string of the molecule is [C-]/C(=C(/C)C(=[CH+])[Si](C)(C)C)[N+](=O)[O-].[Cl-].[Cl-].[Os+2]. The molecule has 2 radical (unpaired) electrons. The third kappa shape index (κ3) is 7.38. The zero-order valence-corrected chi connectivity index (χ0v) is 14.5. The van der Waals surface area contributed by atoms with Gasteiger partial charge in [0, 0.05) is 13.5 Å². The Bertz CT molecular complexity index is 288. The van der Waals surface area contributed by atoms with E-state index in [0.29, 0.717) is 10.8 Å². The molecule has 0 saturated carbocycles. The Morgan fingerprint density at radius 3 is 1.81 bits per heavy atom. The molecule has 0 heterocycles. The molecule has 0 saturated heterocycles. The summed E-state index contributed by atoms with van der Waals surface area (Å²) >= 11 is 0. The quantitative estimate of drug-likeness (QED) is 0.145. The molecule has 0 aliphatic heterocycles. The van der Waals surface area contributed by atoms with Crippen LogP contribution in [0.15, 0.2) is 16.5 Å². The van der Waals surface area contributed by atoms with Gasteiger partial charge in [0.25, 0.3) is 0 Å². The van der Waals surface area contributed by atoms with Crippen molar-refractivity contribution in [3.8, 4) is 0 Å². The maximum absolute atomic E-state index is 10.3. The van der Waals surface area contributed by atoms with Crippen molar-refractivity contribution in [3.63, 3.8) is 0 Å². The fourth-order valence-electron chi connectivity index (χ4n) is 0.827. The second-order valence-electron chi connectivity index (χ2n) is 3.89. The van der Waals surface area contributed by atoms with Crippen LogP contribution in [0.3, 0.4) is 0 Å². The third-order valence-electron chi connectivity index (χ3n) is 1.75. The average Bonchev–Trinajstić information content (AvgIpc) is 1.98. The summed E-state index contributed by atoms with van der Waals surface area (Å²) < 4.78 is 0. The van der Waals surface area contributed by atoms with Crippen LogP contribution in [0.4, 0.5) is 0 Å². The van der Waals surface area contributed by atoms with Gasteiger partial charge in [-0.05, 0) is 0 Å². The van der Waals surface area contributed by atoms with Gasteiger partial charge in [0.05, 0.1) is 4.92 Å². The third-order valence-corrected chi connectivity index (χ3v) is 3.74. The van der Waals surface area contributed by atoms with Crippen LogP contribution in [-0.2, 0) is 19.8 Å².